The SMILES string of the molecule is CC(Oc1ccccc1C#N)C(=O)NCC1CCCCC1. The second-order valence-corrected chi connectivity index (χ2v) is 5.62. The van der Waals surface area contributed by atoms with Crippen LogP contribution < -0.4 is 10.1 Å². The molecule has 0 bridgehead atoms. The van der Waals surface area contributed by atoms with Gasteiger partial charge >= 0.3 is 0 Å². The fourth-order valence-corrected chi connectivity index (χ4v) is 2.69. The second-order valence-electron chi connectivity index (χ2n) is 5.62. The van der Waals surface area contributed by atoms with Gasteiger partial charge in [-0.05, 0) is 37.8 Å². The Labute approximate surface area is 126 Å². The van der Waals surface area contributed by atoms with E-state index in [1.807, 2.05) is 0 Å². The monoisotopic (exact) mass is 286 g/mol. The highest BCUT2D eigenvalue weighted by molar-refractivity contribution is 5.80. The topological polar surface area (TPSA) is 62.1 Å². The van der Waals surface area contributed by atoms with Crippen LogP contribution in [0.25, 0.3) is 0 Å². The lowest BCUT2D eigenvalue weighted by molar-refractivity contribution is -0.127. The zero-order valence-electron chi connectivity index (χ0n) is 12.5. The fraction of sp³-hybridized carbons (Fsp3) is 0.529. The van der Waals surface area contributed by atoms with Crippen LogP contribution in [0.4, 0.5) is 0 Å². The van der Waals surface area contributed by atoms with Crippen LogP contribution in [0.3, 0.4) is 0 Å². The maximum atomic E-state index is 12.1. The molecule has 1 fully saturated rings. The first-order valence-corrected chi connectivity index (χ1v) is 7.64. The van der Waals surface area contributed by atoms with Crippen LogP contribution in [-0.4, -0.2) is 18.6 Å². The number of nitrogens with one attached hydrogen (secondary N) is 1. The van der Waals surface area contributed by atoms with Crippen LogP contribution in [0.1, 0.15) is 44.6 Å². The Hall–Kier alpha value is -2.02. The van der Waals surface area contributed by atoms with Crippen molar-refractivity contribution in [3.05, 3.63) is 29.8 Å². The third-order valence-electron chi connectivity index (χ3n) is 3.97. The van der Waals surface area contributed by atoms with Crippen molar-refractivity contribution in [1.82, 2.24) is 5.32 Å². The predicted octanol–water partition coefficient (Wildman–Crippen LogP) is 3.02. The molecule has 1 N–H and O–H groups in total. The van der Waals surface area contributed by atoms with Crippen LogP contribution in [-0.2, 0) is 4.79 Å². The molecule has 4 nitrogen and oxygen atoms in total. The number of carbonyl (C=O) groups is 1. The lowest BCUT2D eigenvalue weighted by Gasteiger charge is -2.23. The lowest BCUT2D eigenvalue weighted by atomic mass is 9.89. The number of para-hydroxylation sites is 1. The van der Waals surface area contributed by atoms with Crippen molar-refractivity contribution < 1.29 is 9.53 Å². The van der Waals surface area contributed by atoms with Crippen LogP contribution in [0, 0.1) is 17.2 Å². The predicted molar refractivity (Wildman–Crippen MR) is 80.8 cm³/mol. The summed E-state index contributed by atoms with van der Waals surface area (Å²) in [6.07, 6.45) is 5.65. The largest absolute Gasteiger partial charge is 0.480 e. The molecule has 0 heterocycles. The van der Waals surface area contributed by atoms with E-state index in [2.05, 4.69) is 11.4 Å². The van der Waals surface area contributed by atoms with Gasteiger partial charge in [-0.1, -0.05) is 31.4 Å². The summed E-state index contributed by atoms with van der Waals surface area (Å²) in [7, 11) is 0. The summed E-state index contributed by atoms with van der Waals surface area (Å²) < 4.78 is 5.60. The third kappa shape index (κ3) is 4.49. The standard InChI is InChI=1S/C17H22N2O2/c1-13(21-16-10-6-5-9-15(16)11-18)17(20)19-12-14-7-3-2-4-8-14/h5-6,9-10,13-14H,2-4,7-8,12H2,1H3,(H,19,20). The Bertz CT molecular complexity index is 516. The van der Waals surface area contributed by atoms with E-state index >= 15 is 0 Å². The zero-order chi connectivity index (χ0) is 15.1. The third-order valence-corrected chi connectivity index (χ3v) is 3.97. The molecule has 2 rings (SSSR count). The summed E-state index contributed by atoms with van der Waals surface area (Å²) in [5.41, 5.74) is 0.449. The van der Waals surface area contributed by atoms with Gasteiger partial charge in [-0.25, -0.2) is 0 Å². The Kier molecular flexibility index (Phi) is 5.62. The summed E-state index contributed by atoms with van der Waals surface area (Å²) in [6, 6.07) is 9.03. The van der Waals surface area contributed by atoms with Crippen molar-refractivity contribution in [1.29, 1.82) is 5.26 Å². The van der Waals surface area contributed by atoms with Gasteiger partial charge in [0.15, 0.2) is 6.10 Å². The summed E-state index contributed by atoms with van der Waals surface area (Å²) in [5.74, 6) is 0.940. The van der Waals surface area contributed by atoms with Crippen molar-refractivity contribution in [3.63, 3.8) is 0 Å². The molecular formula is C17H22N2O2. The van der Waals surface area contributed by atoms with E-state index < -0.39 is 6.10 Å². The molecule has 1 saturated carbocycles. The molecule has 0 spiro atoms. The van der Waals surface area contributed by atoms with Crippen molar-refractivity contribution in [2.75, 3.05) is 6.54 Å². The second kappa shape index (κ2) is 7.68. The molecule has 1 aromatic rings. The van der Waals surface area contributed by atoms with Gasteiger partial charge in [0, 0.05) is 6.54 Å². The quantitative estimate of drug-likeness (QED) is 0.905. The molecule has 0 radical (unpaired) electrons. The smallest absolute Gasteiger partial charge is 0.260 e. The summed E-state index contributed by atoms with van der Waals surface area (Å²) >= 11 is 0. The molecule has 1 amide bonds. The Morgan fingerprint density at radius 2 is 2.10 bits per heavy atom. The first kappa shape index (κ1) is 15.4. The first-order valence-electron chi connectivity index (χ1n) is 7.64. The van der Waals surface area contributed by atoms with Crippen molar-refractivity contribution >= 4 is 5.91 Å². The number of hydrogen-bond donors (Lipinski definition) is 1. The van der Waals surface area contributed by atoms with Crippen LogP contribution >= 0.6 is 0 Å². The van der Waals surface area contributed by atoms with Gasteiger partial charge in [-0.3, -0.25) is 4.79 Å². The summed E-state index contributed by atoms with van der Waals surface area (Å²) in [6.45, 7) is 2.44. The van der Waals surface area contributed by atoms with Gasteiger partial charge in [-0.2, -0.15) is 5.26 Å². The zero-order valence-corrected chi connectivity index (χ0v) is 12.5. The van der Waals surface area contributed by atoms with E-state index in [1.54, 1.807) is 31.2 Å². The van der Waals surface area contributed by atoms with Gasteiger partial charge in [-0.15, -0.1) is 0 Å². The molecule has 1 aliphatic rings. The van der Waals surface area contributed by atoms with Gasteiger partial charge in [0.05, 0.1) is 5.56 Å². The molecule has 21 heavy (non-hydrogen) atoms. The van der Waals surface area contributed by atoms with E-state index in [9.17, 15) is 4.79 Å². The number of amides is 1. The number of rotatable bonds is 5. The Balaban J connectivity index is 1.83. The number of ether oxygens (including phenoxy) is 1. The summed E-state index contributed by atoms with van der Waals surface area (Å²) in [4.78, 5) is 12.1. The molecule has 4 heteroatoms. The molecule has 1 aromatic carbocycles. The van der Waals surface area contributed by atoms with Crippen LogP contribution in [0.15, 0.2) is 24.3 Å². The number of benzene rings is 1. The minimum atomic E-state index is -0.594. The first-order chi connectivity index (χ1) is 10.2. The molecule has 0 saturated heterocycles. The minimum Gasteiger partial charge on any atom is -0.480 e. The van der Waals surface area contributed by atoms with E-state index in [0.717, 1.165) is 6.54 Å². The molecule has 112 valence electrons. The molecule has 1 aliphatic carbocycles. The average Bonchev–Trinajstić information content (AvgIpc) is 2.54. The van der Waals surface area contributed by atoms with Crippen molar-refractivity contribution in [2.45, 2.75) is 45.1 Å². The Morgan fingerprint density at radius 3 is 2.81 bits per heavy atom. The van der Waals surface area contributed by atoms with Gasteiger partial charge in [0.1, 0.15) is 11.8 Å². The molecular weight excluding hydrogens is 264 g/mol. The number of hydrogen-bond acceptors (Lipinski definition) is 3. The normalized spacial score (nSPS) is 16.8. The highest BCUT2D eigenvalue weighted by Gasteiger charge is 2.19. The number of carbonyl (C=O) groups excluding carboxylic acids is 1. The fourth-order valence-electron chi connectivity index (χ4n) is 2.69. The molecule has 0 aromatic heterocycles. The van der Waals surface area contributed by atoms with Gasteiger partial charge < -0.3 is 10.1 Å². The number of nitriles is 1. The lowest BCUT2D eigenvalue weighted by Crippen LogP contribution is -2.39. The van der Waals surface area contributed by atoms with Crippen molar-refractivity contribution in [3.8, 4) is 11.8 Å². The Morgan fingerprint density at radius 1 is 1.38 bits per heavy atom. The van der Waals surface area contributed by atoms with E-state index in [4.69, 9.17) is 10.00 Å². The maximum absolute atomic E-state index is 12.1. The van der Waals surface area contributed by atoms with E-state index in [1.165, 1.54) is 32.1 Å². The van der Waals surface area contributed by atoms with Crippen molar-refractivity contribution in [2.24, 2.45) is 5.92 Å². The number of nitrogens with zero attached hydrogens (tertiary/aromatic N) is 1. The van der Waals surface area contributed by atoms with E-state index in [-0.39, 0.29) is 5.91 Å². The maximum Gasteiger partial charge on any atom is 0.260 e. The minimum absolute atomic E-state index is 0.117. The van der Waals surface area contributed by atoms with Gasteiger partial charge in [0.2, 0.25) is 0 Å². The van der Waals surface area contributed by atoms with Gasteiger partial charge in [0.25, 0.3) is 5.91 Å². The van der Waals surface area contributed by atoms with E-state index in [0.29, 0.717) is 17.2 Å². The molecule has 0 aliphatic heterocycles. The summed E-state index contributed by atoms with van der Waals surface area (Å²) in [5, 5.41) is 12.0. The molecule has 1 unspecified atom stereocenters. The van der Waals surface area contributed by atoms with Crippen LogP contribution in [0.2, 0.25) is 0 Å². The average molecular weight is 286 g/mol. The molecule has 1 atom stereocenters. The highest BCUT2D eigenvalue weighted by Crippen LogP contribution is 2.23. The highest BCUT2D eigenvalue weighted by atomic mass is 16.5. The van der Waals surface area contributed by atoms with Crippen LogP contribution in [0.5, 0.6) is 5.75 Å².